The number of allylic oxidation sites excluding steroid dienone is 22. The molecule has 0 aliphatic heterocycles. The van der Waals surface area contributed by atoms with Gasteiger partial charge in [-0.2, -0.15) is 0 Å². The van der Waals surface area contributed by atoms with E-state index in [0.29, 0.717) is 19.3 Å². The maximum atomic E-state index is 12.9. The van der Waals surface area contributed by atoms with E-state index >= 15 is 0 Å². The number of rotatable bonds is 55. The Morgan fingerprint density at radius 3 is 0.803 bits per heavy atom. The quantitative estimate of drug-likeness (QED) is 0.0261. The van der Waals surface area contributed by atoms with Gasteiger partial charge < -0.3 is 14.2 Å². The Bertz CT molecular complexity index is 1630. The maximum absolute atomic E-state index is 12.9. The summed E-state index contributed by atoms with van der Waals surface area (Å²) in [7, 11) is 0. The fraction of sp³-hybridized carbons (Fsp3) is 0.643. The standard InChI is InChI=1S/C70H114O6/c1-4-7-10-13-16-19-22-25-28-30-32-34-35-37-38-40-42-45-48-51-54-57-60-63-69(72)75-66-67(65-74-68(71)62-59-56-53-50-47-44-27-24-21-18-15-12-9-6-3)76-70(73)64-61-58-55-52-49-46-43-41-39-36-33-31-29-26-23-20-17-14-11-8-5-2/h7-8,10-11,15-20,24-29,32-34,36,41,43,67H,4-6,9,12-14,21-23,30-31,35,37-40,42,44-66H2,1-3H3/b10-7-,11-8-,18-15-,19-16-,20-17-,27-24-,28-25-,29-26-,34-32-,36-33-,43-41-. The molecule has 6 heteroatoms. The van der Waals surface area contributed by atoms with E-state index in [0.717, 1.165) is 161 Å². The van der Waals surface area contributed by atoms with Crippen LogP contribution in [0.15, 0.2) is 134 Å². The molecule has 1 atom stereocenters. The van der Waals surface area contributed by atoms with Gasteiger partial charge in [-0.25, -0.2) is 0 Å². The van der Waals surface area contributed by atoms with E-state index in [-0.39, 0.29) is 31.1 Å². The second kappa shape index (κ2) is 63.1. The molecule has 6 nitrogen and oxygen atoms in total. The second-order valence-electron chi connectivity index (χ2n) is 20.2. The summed E-state index contributed by atoms with van der Waals surface area (Å²) in [6, 6.07) is 0. The second-order valence-corrected chi connectivity index (χ2v) is 20.2. The van der Waals surface area contributed by atoms with Gasteiger partial charge in [-0.15, -0.1) is 0 Å². The van der Waals surface area contributed by atoms with Crippen molar-refractivity contribution in [2.45, 2.75) is 277 Å². The van der Waals surface area contributed by atoms with Gasteiger partial charge >= 0.3 is 17.9 Å². The molecule has 430 valence electrons. The normalized spacial score (nSPS) is 13.0. The SMILES string of the molecule is CC/C=C\C/C=C\C/C=C\C/C=C\C/C=C\CCCCCCCC(=O)OC(COC(=O)CCCCCCC/C=C\C/C=C\CCCC)COC(=O)CCCCCCCCCCCC/C=C\C/C=C\C/C=C\C/C=C\CC. The molecule has 0 amide bonds. The number of carbonyl (C=O) groups excluding carboxylic acids is 3. The van der Waals surface area contributed by atoms with Crippen LogP contribution in [-0.2, 0) is 28.6 Å². The minimum absolute atomic E-state index is 0.0965. The first-order valence-corrected chi connectivity index (χ1v) is 31.2. The van der Waals surface area contributed by atoms with Gasteiger partial charge in [-0.3, -0.25) is 14.4 Å². The molecule has 0 N–H and O–H groups in total. The van der Waals surface area contributed by atoms with Crippen LogP contribution in [0.2, 0.25) is 0 Å². The van der Waals surface area contributed by atoms with E-state index in [1.807, 2.05) is 0 Å². The molecule has 0 aromatic heterocycles. The predicted molar refractivity (Wildman–Crippen MR) is 329 cm³/mol. The Labute approximate surface area is 468 Å². The van der Waals surface area contributed by atoms with Crippen LogP contribution < -0.4 is 0 Å². The van der Waals surface area contributed by atoms with Crippen LogP contribution in [0.5, 0.6) is 0 Å². The topological polar surface area (TPSA) is 78.9 Å². The molecule has 0 aliphatic carbocycles. The molecule has 0 fully saturated rings. The van der Waals surface area contributed by atoms with Gasteiger partial charge in [-0.05, 0) is 128 Å². The van der Waals surface area contributed by atoms with Gasteiger partial charge in [0, 0.05) is 19.3 Å². The molecule has 76 heavy (non-hydrogen) atoms. The predicted octanol–water partition coefficient (Wildman–Crippen LogP) is 21.4. The first-order chi connectivity index (χ1) is 37.5. The Kier molecular flexibility index (Phi) is 59.4. The third kappa shape index (κ3) is 60.4. The van der Waals surface area contributed by atoms with Crippen LogP contribution in [0.1, 0.15) is 271 Å². The lowest BCUT2D eigenvalue weighted by Gasteiger charge is -2.18. The monoisotopic (exact) mass is 1050 g/mol. The number of esters is 3. The summed E-state index contributed by atoms with van der Waals surface area (Å²) in [6.45, 7) is 6.35. The molecule has 0 heterocycles. The van der Waals surface area contributed by atoms with Gasteiger partial charge in [0.05, 0.1) is 0 Å². The van der Waals surface area contributed by atoms with Crippen LogP contribution in [0.3, 0.4) is 0 Å². The van der Waals surface area contributed by atoms with E-state index in [2.05, 4.69) is 154 Å². The molecule has 0 bridgehead atoms. The highest BCUT2D eigenvalue weighted by Crippen LogP contribution is 2.15. The minimum atomic E-state index is -0.802. The fourth-order valence-electron chi connectivity index (χ4n) is 8.24. The zero-order chi connectivity index (χ0) is 55.0. The Balaban J connectivity index is 4.43. The molecule has 1 unspecified atom stereocenters. The fourth-order valence-corrected chi connectivity index (χ4v) is 8.24. The molecular formula is C70H114O6. The van der Waals surface area contributed by atoms with Crippen molar-refractivity contribution >= 4 is 17.9 Å². The van der Waals surface area contributed by atoms with Crippen molar-refractivity contribution in [3.05, 3.63) is 134 Å². The van der Waals surface area contributed by atoms with Gasteiger partial charge in [0.2, 0.25) is 0 Å². The van der Waals surface area contributed by atoms with Crippen molar-refractivity contribution in [1.82, 2.24) is 0 Å². The zero-order valence-corrected chi connectivity index (χ0v) is 49.2. The first-order valence-electron chi connectivity index (χ1n) is 31.2. The number of hydrogen-bond acceptors (Lipinski definition) is 6. The van der Waals surface area contributed by atoms with Crippen molar-refractivity contribution < 1.29 is 28.6 Å². The summed E-state index contributed by atoms with van der Waals surface area (Å²) < 4.78 is 16.9. The van der Waals surface area contributed by atoms with Crippen molar-refractivity contribution in [2.75, 3.05) is 13.2 Å². The number of ether oxygens (including phenoxy) is 3. The molecule has 0 saturated carbocycles. The third-order valence-corrected chi connectivity index (χ3v) is 12.9. The molecular weight excluding hydrogens is 937 g/mol. The highest BCUT2D eigenvalue weighted by atomic mass is 16.6. The van der Waals surface area contributed by atoms with E-state index < -0.39 is 6.10 Å². The van der Waals surface area contributed by atoms with Crippen molar-refractivity contribution in [3.8, 4) is 0 Å². The van der Waals surface area contributed by atoms with Gasteiger partial charge in [0.25, 0.3) is 0 Å². The average molecular weight is 1050 g/mol. The lowest BCUT2D eigenvalue weighted by atomic mass is 10.1. The van der Waals surface area contributed by atoms with Crippen LogP contribution in [-0.4, -0.2) is 37.2 Å². The molecule has 0 aromatic carbocycles. The summed E-state index contributed by atoms with van der Waals surface area (Å²) in [4.78, 5) is 38.3. The molecule has 0 spiro atoms. The Morgan fingerprint density at radius 1 is 0.276 bits per heavy atom. The summed E-state index contributed by atoms with van der Waals surface area (Å²) >= 11 is 0. The van der Waals surface area contributed by atoms with Crippen molar-refractivity contribution in [2.24, 2.45) is 0 Å². The molecule has 0 aromatic rings. The third-order valence-electron chi connectivity index (χ3n) is 12.9. The van der Waals surface area contributed by atoms with E-state index in [1.54, 1.807) is 0 Å². The molecule has 0 rings (SSSR count). The summed E-state index contributed by atoms with van der Waals surface area (Å²) in [5, 5.41) is 0. The largest absolute Gasteiger partial charge is 0.462 e. The minimum Gasteiger partial charge on any atom is -0.462 e. The smallest absolute Gasteiger partial charge is 0.306 e. The zero-order valence-electron chi connectivity index (χ0n) is 49.2. The van der Waals surface area contributed by atoms with Gasteiger partial charge in [0.15, 0.2) is 6.10 Å². The summed E-state index contributed by atoms with van der Waals surface area (Å²) in [5.74, 6) is -0.933. The number of hydrogen-bond donors (Lipinski definition) is 0. The van der Waals surface area contributed by atoms with Gasteiger partial charge in [-0.1, -0.05) is 257 Å². The van der Waals surface area contributed by atoms with Crippen molar-refractivity contribution in [1.29, 1.82) is 0 Å². The van der Waals surface area contributed by atoms with Crippen LogP contribution in [0.4, 0.5) is 0 Å². The van der Waals surface area contributed by atoms with E-state index in [9.17, 15) is 14.4 Å². The highest BCUT2D eigenvalue weighted by Gasteiger charge is 2.19. The van der Waals surface area contributed by atoms with E-state index in [4.69, 9.17) is 14.2 Å². The highest BCUT2D eigenvalue weighted by molar-refractivity contribution is 5.71. The Morgan fingerprint density at radius 2 is 0.513 bits per heavy atom. The number of carbonyl (C=O) groups is 3. The van der Waals surface area contributed by atoms with Gasteiger partial charge in [0.1, 0.15) is 13.2 Å². The van der Waals surface area contributed by atoms with Crippen LogP contribution >= 0.6 is 0 Å². The molecule has 0 aliphatic rings. The lowest BCUT2D eigenvalue weighted by molar-refractivity contribution is -0.167. The lowest BCUT2D eigenvalue weighted by Crippen LogP contribution is -2.30. The van der Waals surface area contributed by atoms with Crippen LogP contribution in [0, 0.1) is 0 Å². The van der Waals surface area contributed by atoms with E-state index in [1.165, 1.54) is 70.6 Å². The number of unbranched alkanes of at least 4 members (excludes halogenated alkanes) is 22. The summed E-state index contributed by atoms with van der Waals surface area (Å²) in [6.07, 6.45) is 88.7. The average Bonchev–Trinajstić information content (AvgIpc) is 3.42. The maximum Gasteiger partial charge on any atom is 0.306 e. The summed E-state index contributed by atoms with van der Waals surface area (Å²) in [5.41, 5.74) is 0. The molecule has 0 saturated heterocycles. The Hall–Kier alpha value is -4.45. The van der Waals surface area contributed by atoms with Crippen LogP contribution in [0.25, 0.3) is 0 Å². The van der Waals surface area contributed by atoms with Crippen molar-refractivity contribution in [3.63, 3.8) is 0 Å². The molecule has 0 radical (unpaired) electrons. The first kappa shape index (κ1) is 71.5.